The molecule has 0 saturated heterocycles. The van der Waals surface area contributed by atoms with Crippen LogP contribution in [-0.2, 0) is 4.74 Å². The molecule has 2 heteroatoms. The maximum absolute atomic E-state index is 5.86. The van der Waals surface area contributed by atoms with Gasteiger partial charge in [0.15, 0.2) is 6.40 Å². The van der Waals surface area contributed by atoms with E-state index >= 15 is 0 Å². The predicted molar refractivity (Wildman–Crippen MR) is 64.6 cm³/mol. The third-order valence-corrected chi connectivity index (χ3v) is 3.81. The minimum atomic E-state index is -0.0282. The minimum Gasteiger partial charge on any atom is -0.475 e. The van der Waals surface area contributed by atoms with Crippen molar-refractivity contribution in [3.8, 4) is 0 Å². The molecule has 1 aromatic carbocycles. The molecular formula is C14H17NO. The number of rotatable bonds is 1. The van der Waals surface area contributed by atoms with Crippen LogP contribution in [0.4, 0.5) is 0 Å². The summed E-state index contributed by atoms with van der Waals surface area (Å²) in [5.74, 6) is 0. The van der Waals surface area contributed by atoms with Crippen LogP contribution in [0.1, 0.15) is 43.7 Å². The van der Waals surface area contributed by atoms with Crippen LogP contribution >= 0.6 is 0 Å². The van der Waals surface area contributed by atoms with E-state index in [0.717, 1.165) is 12.8 Å². The van der Waals surface area contributed by atoms with Gasteiger partial charge in [-0.3, -0.25) is 0 Å². The molecule has 0 radical (unpaired) electrons. The molecule has 0 bridgehead atoms. The maximum Gasteiger partial charge on any atom is 0.171 e. The highest BCUT2D eigenvalue weighted by Crippen LogP contribution is 2.45. The first-order chi connectivity index (χ1) is 7.91. The maximum atomic E-state index is 5.86. The van der Waals surface area contributed by atoms with Crippen LogP contribution in [0.25, 0.3) is 0 Å². The van der Waals surface area contributed by atoms with Crippen LogP contribution in [0.5, 0.6) is 0 Å². The van der Waals surface area contributed by atoms with E-state index in [1.165, 1.54) is 24.8 Å². The van der Waals surface area contributed by atoms with Gasteiger partial charge in [0.1, 0.15) is 11.6 Å². The van der Waals surface area contributed by atoms with Crippen molar-refractivity contribution in [2.75, 3.05) is 0 Å². The van der Waals surface area contributed by atoms with Crippen molar-refractivity contribution in [2.24, 2.45) is 4.99 Å². The van der Waals surface area contributed by atoms with Crippen molar-refractivity contribution in [2.45, 2.75) is 43.7 Å². The summed E-state index contributed by atoms with van der Waals surface area (Å²) < 4.78 is 5.86. The Kier molecular flexibility index (Phi) is 2.43. The molecule has 1 heterocycles. The smallest absolute Gasteiger partial charge is 0.171 e. The van der Waals surface area contributed by atoms with E-state index in [2.05, 4.69) is 35.3 Å². The number of hydrogen-bond acceptors (Lipinski definition) is 2. The third-order valence-electron chi connectivity index (χ3n) is 3.81. The van der Waals surface area contributed by atoms with Crippen LogP contribution < -0.4 is 0 Å². The Labute approximate surface area is 96.3 Å². The Morgan fingerprint density at radius 1 is 1.06 bits per heavy atom. The van der Waals surface area contributed by atoms with Gasteiger partial charge in [0.2, 0.25) is 0 Å². The van der Waals surface area contributed by atoms with Gasteiger partial charge in [-0.2, -0.15) is 0 Å². The first-order valence-corrected chi connectivity index (χ1v) is 6.15. The second-order valence-corrected chi connectivity index (χ2v) is 4.81. The number of nitrogens with zero attached hydrogens (tertiary/aromatic N) is 1. The molecule has 1 saturated carbocycles. The van der Waals surface area contributed by atoms with Crippen LogP contribution in [0, 0.1) is 0 Å². The Hall–Kier alpha value is -1.31. The molecule has 1 fully saturated rings. The molecule has 1 atom stereocenters. The average Bonchev–Trinajstić information content (AvgIpc) is 2.75. The summed E-state index contributed by atoms with van der Waals surface area (Å²) in [6.07, 6.45) is 7.84. The van der Waals surface area contributed by atoms with Crippen LogP contribution in [0.15, 0.2) is 35.3 Å². The van der Waals surface area contributed by atoms with Gasteiger partial charge in [-0.15, -0.1) is 0 Å². The van der Waals surface area contributed by atoms with Crippen molar-refractivity contribution in [1.29, 1.82) is 0 Å². The standard InChI is InChI=1S/C14H17NO/c1-3-7-12(8-4-1)13-14(16-11-15-13)9-5-2-6-10-14/h1,3-4,7-8,11,13H,2,5-6,9-10H2/t13-/m0/s1. The average molecular weight is 215 g/mol. The first-order valence-electron chi connectivity index (χ1n) is 6.15. The van der Waals surface area contributed by atoms with Gasteiger partial charge in [-0.25, -0.2) is 4.99 Å². The van der Waals surface area contributed by atoms with Crippen molar-refractivity contribution in [3.05, 3.63) is 35.9 Å². The summed E-state index contributed by atoms with van der Waals surface area (Å²) in [5.41, 5.74) is 1.26. The summed E-state index contributed by atoms with van der Waals surface area (Å²) in [4.78, 5) is 4.54. The summed E-state index contributed by atoms with van der Waals surface area (Å²) >= 11 is 0. The van der Waals surface area contributed by atoms with E-state index in [1.54, 1.807) is 6.40 Å². The summed E-state index contributed by atoms with van der Waals surface area (Å²) in [6.45, 7) is 0. The van der Waals surface area contributed by atoms with E-state index in [1.807, 2.05) is 0 Å². The summed E-state index contributed by atoms with van der Waals surface area (Å²) in [5, 5.41) is 0. The molecular weight excluding hydrogens is 198 g/mol. The van der Waals surface area contributed by atoms with Gasteiger partial charge in [0, 0.05) is 0 Å². The molecule has 0 amide bonds. The van der Waals surface area contributed by atoms with Gasteiger partial charge in [-0.1, -0.05) is 36.8 Å². The summed E-state index contributed by atoms with van der Waals surface area (Å²) in [6, 6.07) is 10.8. The highest BCUT2D eigenvalue weighted by molar-refractivity contribution is 5.53. The molecule has 1 aliphatic heterocycles. The lowest BCUT2D eigenvalue weighted by molar-refractivity contribution is 0.0222. The second-order valence-electron chi connectivity index (χ2n) is 4.81. The van der Waals surface area contributed by atoms with Gasteiger partial charge in [0.05, 0.1) is 0 Å². The van der Waals surface area contributed by atoms with Crippen molar-refractivity contribution < 1.29 is 4.74 Å². The molecule has 0 unspecified atom stereocenters. The van der Waals surface area contributed by atoms with E-state index in [4.69, 9.17) is 4.74 Å². The molecule has 16 heavy (non-hydrogen) atoms. The van der Waals surface area contributed by atoms with Gasteiger partial charge in [0.25, 0.3) is 0 Å². The molecule has 2 aliphatic rings. The van der Waals surface area contributed by atoms with E-state index in [0.29, 0.717) is 0 Å². The Bertz CT molecular complexity index is 379. The van der Waals surface area contributed by atoms with Gasteiger partial charge in [-0.05, 0) is 31.2 Å². The Balaban J connectivity index is 1.91. The normalized spacial score (nSPS) is 26.9. The SMILES string of the molecule is C1=N[C@@H](c2ccccc2)C2(CCCCC2)O1. The molecule has 1 aromatic rings. The number of aliphatic imine (C=N–C) groups is 1. The highest BCUT2D eigenvalue weighted by atomic mass is 16.5. The van der Waals surface area contributed by atoms with Gasteiger partial charge >= 0.3 is 0 Å². The largest absolute Gasteiger partial charge is 0.475 e. The third kappa shape index (κ3) is 1.53. The van der Waals surface area contributed by atoms with E-state index in [-0.39, 0.29) is 11.6 Å². The fourth-order valence-corrected chi connectivity index (χ4v) is 2.96. The predicted octanol–water partition coefficient (Wildman–Crippen LogP) is 3.49. The monoisotopic (exact) mass is 215 g/mol. The zero-order chi connectivity index (χ0) is 10.8. The molecule has 84 valence electrons. The van der Waals surface area contributed by atoms with E-state index in [9.17, 15) is 0 Å². The topological polar surface area (TPSA) is 21.6 Å². The zero-order valence-electron chi connectivity index (χ0n) is 9.43. The van der Waals surface area contributed by atoms with Crippen LogP contribution in [0.2, 0.25) is 0 Å². The van der Waals surface area contributed by atoms with Crippen molar-refractivity contribution >= 4 is 6.40 Å². The molecule has 3 rings (SSSR count). The molecule has 1 aliphatic carbocycles. The molecule has 0 aromatic heterocycles. The quantitative estimate of drug-likeness (QED) is 0.702. The lowest BCUT2D eigenvalue weighted by atomic mass is 9.77. The Morgan fingerprint density at radius 2 is 1.81 bits per heavy atom. The number of ether oxygens (including phenoxy) is 1. The Morgan fingerprint density at radius 3 is 2.56 bits per heavy atom. The zero-order valence-corrected chi connectivity index (χ0v) is 9.43. The van der Waals surface area contributed by atoms with Crippen LogP contribution in [-0.4, -0.2) is 12.0 Å². The van der Waals surface area contributed by atoms with Gasteiger partial charge < -0.3 is 4.74 Å². The number of hydrogen-bond donors (Lipinski definition) is 0. The number of benzene rings is 1. The highest BCUT2D eigenvalue weighted by Gasteiger charge is 2.45. The fourth-order valence-electron chi connectivity index (χ4n) is 2.96. The molecule has 1 spiro atoms. The lowest BCUT2D eigenvalue weighted by Crippen LogP contribution is -2.36. The van der Waals surface area contributed by atoms with E-state index < -0.39 is 0 Å². The lowest BCUT2D eigenvalue weighted by Gasteiger charge is -2.36. The summed E-state index contributed by atoms with van der Waals surface area (Å²) in [7, 11) is 0. The van der Waals surface area contributed by atoms with Crippen molar-refractivity contribution in [1.82, 2.24) is 0 Å². The first kappa shape index (κ1) is 9.88. The second kappa shape index (κ2) is 3.93. The van der Waals surface area contributed by atoms with Crippen molar-refractivity contribution in [3.63, 3.8) is 0 Å². The molecule has 0 N–H and O–H groups in total. The van der Waals surface area contributed by atoms with Crippen LogP contribution in [0.3, 0.4) is 0 Å². The molecule has 2 nitrogen and oxygen atoms in total. The fraction of sp³-hybridized carbons (Fsp3) is 0.500. The minimum absolute atomic E-state index is 0.0282.